The average Bonchev–Trinajstić information content (AvgIpc) is 3.04. The summed E-state index contributed by atoms with van der Waals surface area (Å²) in [6.07, 6.45) is 0. The van der Waals surface area contributed by atoms with E-state index in [2.05, 4.69) is 10.6 Å². The van der Waals surface area contributed by atoms with E-state index in [0.717, 1.165) is 22.3 Å². The fourth-order valence-corrected chi connectivity index (χ4v) is 4.21. The minimum absolute atomic E-state index is 0.107. The molecule has 0 spiro atoms. The van der Waals surface area contributed by atoms with Crippen LogP contribution in [0.3, 0.4) is 0 Å². The molecule has 31 heavy (non-hydrogen) atoms. The van der Waals surface area contributed by atoms with Crippen molar-refractivity contribution < 1.29 is 18.7 Å². The van der Waals surface area contributed by atoms with Crippen LogP contribution in [0.4, 0.5) is 10.1 Å². The van der Waals surface area contributed by atoms with E-state index >= 15 is 0 Å². The van der Waals surface area contributed by atoms with Crippen molar-refractivity contribution in [3.8, 4) is 0 Å². The molecule has 1 fully saturated rings. The number of hydrogen-bond acceptors (Lipinski definition) is 3. The lowest BCUT2D eigenvalue weighted by molar-refractivity contribution is 0.00829. The molecule has 1 atom stereocenters. The second-order valence-corrected chi connectivity index (χ2v) is 7.99. The van der Waals surface area contributed by atoms with E-state index in [9.17, 15) is 14.0 Å². The monoisotopic (exact) mass is 416 g/mol. The van der Waals surface area contributed by atoms with Gasteiger partial charge in [0.2, 0.25) is 0 Å². The molecule has 1 saturated heterocycles. The van der Waals surface area contributed by atoms with Crippen LogP contribution in [0.2, 0.25) is 0 Å². The van der Waals surface area contributed by atoms with Gasteiger partial charge in [0.05, 0.1) is 19.3 Å². The maximum atomic E-state index is 14.2. The number of amides is 2. The second kappa shape index (κ2) is 7.63. The smallest absolute Gasteiger partial charge is 0.255 e. The zero-order chi connectivity index (χ0) is 21.5. The lowest BCUT2D eigenvalue weighted by Gasteiger charge is -2.26. The Morgan fingerprint density at radius 3 is 2.65 bits per heavy atom. The van der Waals surface area contributed by atoms with Gasteiger partial charge in [-0.2, -0.15) is 0 Å². The molecule has 0 aromatic heterocycles. The number of ether oxygens (including phenoxy) is 1. The Morgan fingerprint density at radius 1 is 1.10 bits per heavy atom. The highest BCUT2D eigenvalue weighted by Crippen LogP contribution is 2.37. The van der Waals surface area contributed by atoms with Crippen molar-refractivity contribution in [2.75, 3.05) is 18.5 Å². The third-order valence-corrected chi connectivity index (χ3v) is 5.95. The first kappa shape index (κ1) is 19.5. The number of nitrogens with one attached hydrogen (secondary N) is 2. The minimum Gasteiger partial charge on any atom is -0.380 e. The molecule has 6 heteroatoms. The Hall–Kier alpha value is -3.51. The molecule has 2 aliphatic heterocycles. The number of aryl methyl sites for hydroxylation is 1. The fourth-order valence-electron chi connectivity index (χ4n) is 4.21. The summed E-state index contributed by atoms with van der Waals surface area (Å²) in [4.78, 5) is 25.6. The Bertz CT molecular complexity index is 1200. The summed E-state index contributed by atoms with van der Waals surface area (Å²) in [5, 5.41) is 5.91. The van der Waals surface area contributed by atoms with Gasteiger partial charge in [-0.3, -0.25) is 9.59 Å². The van der Waals surface area contributed by atoms with E-state index in [4.69, 9.17) is 4.74 Å². The summed E-state index contributed by atoms with van der Waals surface area (Å²) in [7, 11) is 0. The van der Waals surface area contributed by atoms with Gasteiger partial charge in [-0.05, 0) is 53.9 Å². The Balaban J connectivity index is 1.50. The molecule has 5 rings (SSSR count). The number of carbonyl (C=O) groups excluding carboxylic acids is 2. The predicted molar refractivity (Wildman–Crippen MR) is 115 cm³/mol. The highest BCUT2D eigenvalue weighted by Gasteiger charge is 2.33. The summed E-state index contributed by atoms with van der Waals surface area (Å²) in [6, 6.07) is 17.1. The van der Waals surface area contributed by atoms with Crippen LogP contribution in [0.5, 0.6) is 0 Å². The lowest BCUT2D eigenvalue weighted by atomic mass is 9.93. The van der Waals surface area contributed by atoms with Crippen molar-refractivity contribution in [1.82, 2.24) is 5.32 Å². The molecule has 5 nitrogen and oxygen atoms in total. The molecule has 2 amide bonds. The van der Waals surface area contributed by atoms with E-state index in [1.807, 2.05) is 31.2 Å². The van der Waals surface area contributed by atoms with Gasteiger partial charge in [-0.15, -0.1) is 0 Å². The van der Waals surface area contributed by atoms with Crippen molar-refractivity contribution in [3.63, 3.8) is 0 Å². The first-order valence-corrected chi connectivity index (χ1v) is 10.2. The van der Waals surface area contributed by atoms with Gasteiger partial charge in [0.1, 0.15) is 5.82 Å². The number of halogens is 1. The zero-order valence-electron chi connectivity index (χ0n) is 16.9. The van der Waals surface area contributed by atoms with Crippen LogP contribution in [0, 0.1) is 12.7 Å². The van der Waals surface area contributed by atoms with Crippen LogP contribution < -0.4 is 10.6 Å². The van der Waals surface area contributed by atoms with Crippen molar-refractivity contribution >= 4 is 17.5 Å². The van der Waals surface area contributed by atoms with E-state index in [0.29, 0.717) is 24.5 Å². The molecular formula is C25H21FN2O3. The van der Waals surface area contributed by atoms with Gasteiger partial charge in [-0.25, -0.2) is 4.39 Å². The summed E-state index contributed by atoms with van der Waals surface area (Å²) in [5.74, 6) is -0.951. The average molecular weight is 416 g/mol. The molecule has 2 heterocycles. The summed E-state index contributed by atoms with van der Waals surface area (Å²) in [5.41, 5.74) is 4.78. The maximum Gasteiger partial charge on any atom is 0.255 e. The summed E-state index contributed by atoms with van der Waals surface area (Å²) < 4.78 is 19.4. The fraction of sp³-hybridized carbons (Fsp3) is 0.200. The SMILES string of the molecule is Cc1ccccc1C1NC(=O)c2cccc(NC(=O)c3cc(F)cc(C4COC4)c3)c21. The third kappa shape index (κ3) is 3.49. The summed E-state index contributed by atoms with van der Waals surface area (Å²) >= 11 is 0. The van der Waals surface area contributed by atoms with Crippen LogP contribution in [0.25, 0.3) is 0 Å². The van der Waals surface area contributed by atoms with Crippen LogP contribution in [-0.2, 0) is 4.74 Å². The molecule has 3 aromatic carbocycles. The Labute approximate surface area is 179 Å². The standard InChI is InChI=1S/C25H21FN2O3/c1-14-5-2-3-6-19(14)23-22-20(25(30)28-23)7-4-8-21(22)27-24(29)16-9-15(10-18(26)11-16)17-12-31-13-17/h2-11,17,23H,12-13H2,1H3,(H,27,29)(H,28,30). The van der Waals surface area contributed by atoms with Crippen molar-refractivity contribution in [3.05, 3.63) is 99.9 Å². The Morgan fingerprint density at radius 2 is 1.90 bits per heavy atom. The molecule has 3 aromatic rings. The molecule has 0 saturated carbocycles. The van der Waals surface area contributed by atoms with Crippen molar-refractivity contribution in [1.29, 1.82) is 0 Å². The van der Waals surface area contributed by atoms with Crippen molar-refractivity contribution in [2.24, 2.45) is 0 Å². The molecule has 156 valence electrons. The highest BCUT2D eigenvalue weighted by atomic mass is 19.1. The number of carbonyl (C=O) groups is 2. The van der Waals surface area contributed by atoms with Crippen molar-refractivity contribution in [2.45, 2.75) is 18.9 Å². The van der Waals surface area contributed by atoms with Gasteiger partial charge < -0.3 is 15.4 Å². The van der Waals surface area contributed by atoms with Crippen LogP contribution in [0.1, 0.15) is 54.9 Å². The molecule has 2 N–H and O–H groups in total. The topological polar surface area (TPSA) is 67.4 Å². The quantitative estimate of drug-likeness (QED) is 0.665. The predicted octanol–water partition coefficient (Wildman–Crippen LogP) is 4.33. The molecular weight excluding hydrogens is 395 g/mol. The molecule has 0 aliphatic carbocycles. The molecule has 2 aliphatic rings. The zero-order valence-corrected chi connectivity index (χ0v) is 16.9. The number of anilines is 1. The molecule has 0 bridgehead atoms. The maximum absolute atomic E-state index is 14.2. The van der Waals surface area contributed by atoms with E-state index in [1.165, 1.54) is 12.1 Å². The van der Waals surface area contributed by atoms with Gasteiger partial charge in [0.25, 0.3) is 11.8 Å². The lowest BCUT2D eigenvalue weighted by Crippen LogP contribution is -2.25. The first-order valence-electron chi connectivity index (χ1n) is 10.2. The third-order valence-electron chi connectivity index (χ3n) is 5.95. The number of benzene rings is 3. The van der Waals surface area contributed by atoms with Gasteiger partial charge in [0.15, 0.2) is 0 Å². The Kier molecular flexibility index (Phi) is 4.79. The molecule has 1 unspecified atom stereocenters. The van der Waals surface area contributed by atoms with E-state index < -0.39 is 11.7 Å². The van der Waals surface area contributed by atoms with Crippen LogP contribution in [-0.4, -0.2) is 25.0 Å². The minimum atomic E-state index is -0.456. The van der Waals surface area contributed by atoms with Gasteiger partial charge in [0, 0.05) is 28.3 Å². The normalized spacial score (nSPS) is 17.6. The van der Waals surface area contributed by atoms with Gasteiger partial charge >= 0.3 is 0 Å². The van der Waals surface area contributed by atoms with Crippen LogP contribution in [0.15, 0.2) is 60.7 Å². The number of rotatable bonds is 4. The van der Waals surface area contributed by atoms with Crippen LogP contribution >= 0.6 is 0 Å². The molecule has 0 radical (unpaired) electrons. The second-order valence-electron chi connectivity index (χ2n) is 7.99. The van der Waals surface area contributed by atoms with Gasteiger partial charge in [-0.1, -0.05) is 30.3 Å². The number of fused-ring (bicyclic) bond motifs is 1. The largest absolute Gasteiger partial charge is 0.380 e. The number of hydrogen-bond donors (Lipinski definition) is 2. The van der Waals surface area contributed by atoms with E-state index in [-0.39, 0.29) is 23.4 Å². The first-order chi connectivity index (χ1) is 15.0. The highest BCUT2D eigenvalue weighted by molar-refractivity contribution is 6.07. The van der Waals surface area contributed by atoms with E-state index in [1.54, 1.807) is 24.3 Å². The summed E-state index contributed by atoms with van der Waals surface area (Å²) in [6.45, 7) is 3.05.